The van der Waals surface area contributed by atoms with Gasteiger partial charge in [0.2, 0.25) is 0 Å². The predicted molar refractivity (Wildman–Crippen MR) is 119 cm³/mol. The normalized spacial score (nSPS) is 20.8. The van der Waals surface area contributed by atoms with E-state index in [1.165, 1.54) is 16.7 Å². The summed E-state index contributed by atoms with van der Waals surface area (Å²) in [7, 11) is 0. The summed E-state index contributed by atoms with van der Waals surface area (Å²) in [6.45, 7) is 3.86. The van der Waals surface area contributed by atoms with Crippen LogP contribution in [0.2, 0.25) is 0 Å². The number of benzene rings is 3. The second kappa shape index (κ2) is 8.52. The SMILES string of the molecule is CC1CN(C(c2ccccc2)(c2ccccc2)c2ccccc2)CC(CS)O1. The topological polar surface area (TPSA) is 12.5 Å². The molecule has 0 bridgehead atoms. The summed E-state index contributed by atoms with van der Waals surface area (Å²) >= 11 is 4.55. The van der Waals surface area contributed by atoms with Crippen LogP contribution in [0.15, 0.2) is 91.0 Å². The quantitative estimate of drug-likeness (QED) is 0.487. The van der Waals surface area contributed by atoms with Gasteiger partial charge in [-0.1, -0.05) is 91.0 Å². The van der Waals surface area contributed by atoms with Crippen LogP contribution in [0, 0.1) is 0 Å². The van der Waals surface area contributed by atoms with Gasteiger partial charge in [0, 0.05) is 18.8 Å². The molecular formula is C25H27NOS. The molecule has 0 amide bonds. The molecule has 3 heteroatoms. The number of nitrogens with zero attached hydrogens (tertiary/aromatic N) is 1. The van der Waals surface area contributed by atoms with E-state index in [-0.39, 0.29) is 17.7 Å². The Balaban J connectivity index is 1.99. The number of morpholine rings is 1. The zero-order valence-electron chi connectivity index (χ0n) is 16.2. The van der Waals surface area contributed by atoms with E-state index < -0.39 is 0 Å². The minimum Gasteiger partial charge on any atom is -0.372 e. The van der Waals surface area contributed by atoms with Crippen LogP contribution >= 0.6 is 12.6 Å². The first kappa shape index (κ1) is 19.3. The van der Waals surface area contributed by atoms with Gasteiger partial charge in [0.05, 0.1) is 17.7 Å². The van der Waals surface area contributed by atoms with Gasteiger partial charge in [-0.2, -0.15) is 12.6 Å². The van der Waals surface area contributed by atoms with Crippen LogP contribution in [0.5, 0.6) is 0 Å². The van der Waals surface area contributed by atoms with Gasteiger partial charge >= 0.3 is 0 Å². The first-order valence-electron chi connectivity index (χ1n) is 9.93. The molecule has 28 heavy (non-hydrogen) atoms. The van der Waals surface area contributed by atoms with Gasteiger partial charge in [-0.3, -0.25) is 4.90 Å². The van der Waals surface area contributed by atoms with Gasteiger partial charge in [0.15, 0.2) is 0 Å². The van der Waals surface area contributed by atoms with Gasteiger partial charge in [0.25, 0.3) is 0 Å². The first-order valence-corrected chi connectivity index (χ1v) is 10.6. The number of hydrogen-bond acceptors (Lipinski definition) is 3. The molecule has 1 aliphatic rings. The van der Waals surface area contributed by atoms with Gasteiger partial charge in [-0.05, 0) is 23.6 Å². The molecule has 0 aromatic heterocycles. The van der Waals surface area contributed by atoms with Crippen molar-refractivity contribution >= 4 is 12.6 Å². The van der Waals surface area contributed by atoms with Crippen molar-refractivity contribution < 1.29 is 4.74 Å². The van der Waals surface area contributed by atoms with Crippen LogP contribution in [0.4, 0.5) is 0 Å². The van der Waals surface area contributed by atoms with Crippen molar-refractivity contribution in [1.82, 2.24) is 4.90 Å². The van der Waals surface area contributed by atoms with Crippen molar-refractivity contribution in [2.24, 2.45) is 0 Å². The molecule has 144 valence electrons. The Hall–Kier alpha value is -2.07. The maximum atomic E-state index is 6.15. The van der Waals surface area contributed by atoms with Crippen molar-refractivity contribution in [1.29, 1.82) is 0 Å². The Morgan fingerprint density at radius 1 is 0.786 bits per heavy atom. The summed E-state index contributed by atoms with van der Waals surface area (Å²) in [5.41, 5.74) is 3.46. The van der Waals surface area contributed by atoms with E-state index in [1.807, 2.05) is 0 Å². The number of thiol groups is 1. The lowest BCUT2D eigenvalue weighted by atomic mass is 9.75. The zero-order chi connectivity index (χ0) is 19.4. The highest BCUT2D eigenvalue weighted by atomic mass is 32.1. The summed E-state index contributed by atoms with van der Waals surface area (Å²) in [6.07, 6.45) is 0.268. The van der Waals surface area contributed by atoms with Crippen molar-refractivity contribution in [3.05, 3.63) is 108 Å². The standard InChI is InChI=1S/C25H27NOS/c1-20-17-26(18-24(19-28)27-20)25(21-11-5-2-6-12-21,22-13-7-3-8-14-22)23-15-9-4-10-16-23/h2-16,20,24,28H,17-19H2,1H3. The summed E-state index contributed by atoms with van der Waals surface area (Å²) < 4.78 is 6.15. The molecular weight excluding hydrogens is 362 g/mol. The Morgan fingerprint density at radius 3 is 1.61 bits per heavy atom. The number of rotatable bonds is 5. The van der Waals surface area contributed by atoms with Gasteiger partial charge in [-0.25, -0.2) is 0 Å². The molecule has 0 N–H and O–H groups in total. The molecule has 1 heterocycles. The fourth-order valence-corrected chi connectivity index (χ4v) is 4.71. The van der Waals surface area contributed by atoms with E-state index in [0.717, 1.165) is 18.8 Å². The maximum absolute atomic E-state index is 6.15. The first-order chi connectivity index (χ1) is 13.7. The van der Waals surface area contributed by atoms with Crippen molar-refractivity contribution in [3.8, 4) is 0 Å². The van der Waals surface area contributed by atoms with E-state index in [4.69, 9.17) is 4.74 Å². The van der Waals surface area contributed by atoms with Crippen LogP contribution in [-0.4, -0.2) is 36.0 Å². The fourth-order valence-electron chi connectivity index (χ4n) is 4.51. The molecule has 0 saturated carbocycles. The number of ether oxygens (including phenoxy) is 1. The Bertz CT molecular complexity index is 772. The molecule has 1 aliphatic heterocycles. The molecule has 2 atom stereocenters. The Morgan fingerprint density at radius 2 is 1.21 bits per heavy atom. The van der Waals surface area contributed by atoms with Crippen LogP contribution in [0.1, 0.15) is 23.6 Å². The summed E-state index contributed by atoms with van der Waals surface area (Å²) in [5, 5.41) is 0. The Kier molecular flexibility index (Phi) is 5.86. The molecule has 0 spiro atoms. The average Bonchev–Trinajstić information content (AvgIpc) is 2.76. The van der Waals surface area contributed by atoms with Crippen molar-refractivity contribution in [3.63, 3.8) is 0 Å². The van der Waals surface area contributed by atoms with Crippen LogP contribution in [0.3, 0.4) is 0 Å². The summed E-state index contributed by atoms with van der Waals surface area (Å²) in [4.78, 5) is 2.59. The molecule has 4 rings (SSSR count). The highest BCUT2D eigenvalue weighted by Gasteiger charge is 2.45. The van der Waals surface area contributed by atoms with E-state index >= 15 is 0 Å². The predicted octanol–water partition coefficient (Wildman–Crippen LogP) is 5.00. The van der Waals surface area contributed by atoms with Crippen molar-refractivity contribution in [2.45, 2.75) is 24.7 Å². The third-order valence-corrected chi connectivity index (χ3v) is 5.99. The van der Waals surface area contributed by atoms with Crippen LogP contribution in [-0.2, 0) is 10.3 Å². The van der Waals surface area contributed by atoms with Gasteiger partial charge < -0.3 is 4.74 Å². The largest absolute Gasteiger partial charge is 0.372 e. The molecule has 3 aromatic rings. The summed E-state index contributed by atoms with van der Waals surface area (Å²) in [6, 6.07) is 32.5. The van der Waals surface area contributed by atoms with Crippen LogP contribution < -0.4 is 0 Å². The van der Waals surface area contributed by atoms with Gasteiger partial charge in [-0.15, -0.1) is 0 Å². The van der Waals surface area contributed by atoms with E-state index in [1.54, 1.807) is 0 Å². The lowest BCUT2D eigenvalue weighted by Gasteiger charge is -2.50. The molecule has 1 fully saturated rings. The molecule has 1 saturated heterocycles. The monoisotopic (exact) mass is 389 g/mol. The average molecular weight is 390 g/mol. The Labute approximate surface area is 173 Å². The molecule has 2 unspecified atom stereocenters. The lowest BCUT2D eigenvalue weighted by molar-refractivity contribution is -0.0871. The number of hydrogen-bond donors (Lipinski definition) is 1. The highest BCUT2D eigenvalue weighted by molar-refractivity contribution is 7.80. The van der Waals surface area contributed by atoms with Crippen molar-refractivity contribution in [2.75, 3.05) is 18.8 Å². The van der Waals surface area contributed by atoms with Gasteiger partial charge in [0.1, 0.15) is 0 Å². The molecule has 0 radical (unpaired) electrons. The van der Waals surface area contributed by atoms with E-state index in [2.05, 4.69) is 115 Å². The molecule has 3 aromatic carbocycles. The second-order valence-electron chi connectivity index (χ2n) is 7.46. The summed E-state index contributed by atoms with van der Waals surface area (Å²) in [5.74, 6) is 0.718. The smallest absolute Gasteiger partial charge is 0.0974 e. The zero-order valence-corrected chi connectivity index (χ0v) is 17.1. The lowest BCUT2D eigenvalue weighted by Crippen LogP contribution is -2.57. The van der Waals surface area contributed by atoms with E-state index in [9.17, 15) is 0 Å². The second-order valence-corrected chi connectivity index (χ2v) is 7.83. The third kappa shape index (κ3) is 3.50. The third-order valence-electron chi connectivity index (χ3n) is 5.58. The minimum absolute atomic E-state index is 0.114. The fraction of sp³-hybridized carbons (Fsp3) is 0.280. The molecule has 2 nitrogen and oxygen atoms in total. The van der Waals surface area contributed by atoms with Crippen LogP contribution in [0.25, 0.3) is 0 Å². The highest BCUT2D eigenvalue weighted by Crippen LogP contribution is 2.43. The maximum Gasteiger partial charge on any atom is 0.0974 e. The minimum atomic E-state index is -0.372. The molecule has 0 aliphatic carbocycles. The van der Waals surface area contributed by atoms with E-state index in [0.29, 0.717) is 0 Å².